The number of likely N-dealkylation sites (tertiary alicyclic amines) is 1. The van der Waals surface area contributed by atoms with E-state index >= 15 is 0 Å². The fourth-order valence-electron chi connectivity index (χ4n) is 6.18. The smallest absolute Gasteiger partial charge is 0.416 e. The molecular weight excluding hydrogens is 577 g/mol. The molecule has 1 saturated heterocycles. The first-order valence-corrected chi connectivity index (χ1v) is 14.5. The molecule has 0 radical (unpaired) electrons. The lowest BCUT2D eigenvalue weighted by atomic mass is 9.91. The average Bonchev–Trinajstić information content (AvgIpc) is 3.35. The molecule has 3 atom stereocenters. The van der Waals surface area contributed by atoms with Gasteiger partial charge in [-0.15, -0.1) is 6.58 Å². The molecule has 1 N–H and O–H groups in total. The van der Waals surface area contributed by atoms with Crippen LogP contribution in [0.1, 0.15) is 48.5 Å². The minimum Gasteiger partial charge on any atom is -0.466 e. The summed E-state index contributed by atoms with van der Waals surface area (Å²) in [5, 5.41) is 2.59. The Hall–Kier alpha value is -4.61. The predicted molar refractivity (Wildman–Crippen MR) is 153 cm³/mol. The number of piperidine rings is 1. The highest BCUT2D eigenvalue weighted by atomic mass is 19.4. The lowest BCUT2D eigenvalue weighted by molar-refractivity contribution is -0.153. The number of nitrogens with zero attached hydrogens (tertiary/aromatic N) is 3. The molecule has 232 valence electrons. The van der Waals surface area contributed by atoms with E-state index in [0.717, 1.165) is 6.07 Å². The lowest BCUT2D eigenvalue weighted by Crippen LogP contribution is -2.49. The average molecular weight is 611 g/mol. The van der Waals surface area contributed by atoms with Crippen LogP contribution < -0.4 is 5.32 Å². The van der Waals surface area contributed by atoms with E-state index in [2.05, 4.69) is 11.9 Å². The number of rotatable bonds is 8. The molecule has 0 saturated carbocycles. The molecule has 0 unspecified atom stereocenters. The summed E-state index contributed by atoms with van der Waals surface area (Å²) < 4.78 is 47.4. The van der Waals surface area contributed by atoms with E-state index in [1.807, 2.05) is 0 Å². The summed E-state index contributed by atoms with van der Waals surface area (Å²) in [4.78, 5) is 58.5. The van der Waals surface area contributed by atoms with Crippen LogP contribution in [0, 0.1) is 5.92 Å². The SMILES string of the molecule is C=CCN1C(=O)N[C@H](c2ccccc2C(F)(F)F)C2=C1CN([C@H](C(=O)N1CCC[C@@H](C(=O)OCC)C1)c1ccccc1)C2=O. The van der Waals surface area contributed by atoms with Crippen molar-refractivity contribution >= 4 is 23.8 Å². The zero-order chi connectivity index (χ0) is 31.6. The molecule has 0 bridgehead atoms. The van der Waals surface area contributed by atoms with Crippen LogP contribution in [0.25, 0.3) is 0 Å². The summed E-state index contributed by atoms with van der Waals surface area (Å²) in [6.45, 7) is 5.87. The number of amides is 4. The number of esters is 1. The van der Waals surface area contributed by atoms with E-state index < -0.39 is 53.6 Å². The summed E-state index contributed by atoms with van der Waals surface area (Å²) in [7, 11) is 0. The lowest BCUT2D eigenvalue weighted by Gasteiger charge is -2.37. The number of carbonyl (C=O) groups is 4. The maximum absolute atomic E-state index is 14.3. The zero-order valence-electron chi connectivity index (χ0n) is 24.2. The van der Waals surface area contributed by atoms with Gasteiger partial charge in [-0.25, -0.2) is 4.79 Å². The maximum atomic E-state index is 14.3. The summed E-state index contributed by atoms with van der Waals surface area (Å²) >= 11 is 0. The molecule has 3 aliphatic heterocycles. The van der Waals surface area contributed by atoms with Crippen molar-refractivity contribution in [3.63, 3.8) is 0 Å². The number of hydrogen-bond acceptors (Lipinski definition) is 5. The molecule has 0 aliphatic carbocycles. The van der Waals surface area contributed by atoms with Crippen molar-refractivity contribution in [1.82, 2.24) is 20.0 Å². The van der Waals surface area contributed by atoms with Gasteiger partial charge < -0.3 is 19.9 Å². The van der Waals surface area contributed by atoms with E-state index in [0.29, 0.717) is 24.9 Å². The van der Waals surface area contributed by atoms with Crippen molar-refractivity contribution in [2.45, 2.75) is 38.0 Å². The molecule has 2 aromatic rings. The summed E-state index contributed by atoms with van der Waals surface area (Å²) in [5.41, 5.74) is -0.595. The number of alkyl halides is 3. The van der Waals surface area contributed by atoms with E-state index in [9.17, 15) is 32.3 Å². The number of ether oxygens (including phenoxy) is 1. The molecule has 0 spiro atoms. The highest BCUT2D eigenvalue weighted by Crippen LogP contribution is 2.43. The van der Waals surface area contributed by atoms with Crippen molar-refractivity contribution in [3.05, 3.63) is 95.2 Å². The molecule has 5 rings (SSSR count). The zero-order valence-corrected chi connectivity index (χ0v) is 24.2. The van der Waals surface area contributed by atoms with Crippen LogP contribution in [0.4, 0.5) is 18.0 Å². The third-order valence-electron chi connectivity index (χ3n) is 8.15. The van der Waals surface area contributed by atoms with Crippen molar-refractivity contribution in [3.8, 4) is 0 Å². The molecular formula is C32H33F3N4O5. The Morgan fingerprint density at radius 1 is 1.11 bits per heavy atom. The molecule has 2 aromatic carbocycles. The fourth-order valence-corrected chi connectivity index (χ4v) is 6.18. The molecule has 4 amide bonds. The number of hydrogen-bond donors (Lipinski definition) is 1. The van der Waals surface area contributed by atoms with Crippen LogP contribution >= 0.6 is 0 Å². The van der Waals surface area contributed by atoms with Gasteiger partial charge in [0, 0.05) is 19.6 Å². The van der Waals surface area contributed by atoms with E-state index in [1.165, 1.54) is 39.0 Å². The Balaban J connectivity index is 1.56. The second kappa shape index (κ2) is 12.6. The minimum absolute atomic E-state index is 0.00325. The summed E-state index contributed by atoms with van der Waals surface area (Å²) in [6, 6.07) is 10.1. The molecule has 1 fully saturated rings. The van der Waals surface area contributed by atoms with Gasteiger partial charge in [-0.1, -0.05) is 54.6 Å². The minimum atomic E-state index is -4.74. The largest absolute Gasteiger partial charge is 0.466 e. The standard InChI is InChI=1S/C32H33F3N4O5/c1-3-16-38-24-19-39(28(40)25(24)26(36-31(38)43)22-14-8-9-15-23(22)32(33,34)35)27(20-11-6-5-7-12-20)29(41)37-17-10-13-21(18-37)30(42)44-4-2/h3,5-9,11-12,14-15,21,26-27H,1,4,10,13,16-19H2,2H3,(H,36,43)/t21-,26-,27+/m1/s1. The van der Waals surface area contributed by atoms with Gasteiger partial charge in [0.15, 0.2) is 0 Å². The van der Waals surface area contributed by atoms with Crippen LogP contribution in [-0.2, 0) is 25.3 Å². The number of carbonyl (C=O) groups excluding carboxylic acids is 4. The molecule has 9 nitrogen and oxygen atoms in total. The number of benzene rings is 2. The van der Waals surface area contributed by atoms with Gasteiger partial charge in [-0.3, -0.25) is 19.3 Å². The van der Waals surface area contributed by atoms with E-state index in [1.54, 1.807) is 37.3 Å². The van der Waals surface area contributed by atoms with Gasteiger partial charge in [0.25, 0.3) is 5.91 Å². The van der Waals surface area contributed by atoms with Crippen molar-refractivity contribution in [2.24, 2.45) is 5.92 Å². The van der Waals surface area contributed by atoms with E-state index in [-0.39, 0.29) is 43.1 Å². The van der Waals surface area contributed by atoms with Crippen LogP contribution in [0.15, 0.2) is 78.5 Å². The highest BCUT2D eigenvalue weighted by Gasteiger charge is 2.50. The van der Waals surface area contributed by atoms with Gasteiger partial charge >= 0.3 is 18.2 Å². The van der Waals surface area contributed by atoms with Crippen molar-refractivity contribution in [2.75, 3.05) is 32.8 Å². The Labute approximate surface area is 252 Å². The Kier molecular flexibility index (Phi) is 8.80. The third kappa shape index (κ3) is 5.80. The second-order valence-electron chi connectivity index (χ2n) is 10.8. The third-order valence-corrected chi connectivity index (χ3v) is 8.15. The summed E-state index contributed by atoms with van der Waals surface area (Å²) in [5.74, 6) is -2.01. The molecule has 3 heterocycles. The normalized spacial score (nSPS) is 21.1. The number of halogens is 3. The number of urea groups is 1. The first-order valence-electron chi connectivity index (χ1n) is 14.5. The van der Waals surface area contributed by atoms with Gasteiger partial charge in [0.1, 0.15) is 6.04 Å². The van der Waals surface area contributed by atoms with Crippen molar-refractivity contribution in [1.29, 1.82) is 0 Å². The van der Waals surface area contributed by atoms with Gasteiger partial charge in [0.2, 0.25) is 5.91 Å². The topological polar surface area (TPSA) is 99.3 Å². The van der Waals surface area contributed by atoms with Crippen LogP contribution in [0.2, 0.25) is 0 Å². The maximum Gasteiger partial charge on any atom is 0.416 e. The van der Waals surface area contributed by atoms with Gasteiger partial charge in [0.05, 0.1) is 41.9 Å². The highest BCUT2D eigenvalue weighted by molar-refractivity contribution is 6.04. The first-order chi connectivity index (χ1) is 21.1. The van der Waals surface area contributed by atoms with Crippen molar-refractivity contribution < 1.29 is 37.1 Å². The molecule has 12 heteroatoms. The summed E-state index contributed by atoms with van der Waals surface area (Å²) in [6.07, 6.45) is -2.18. The monoisotopic (exact) mass is 610 g/mol. The molecule has 44 heavy (non-hydrogen) atoms. The Bertz CT molecular complexity index is 1490. The quantitative estimate of drug-likeness (QED) is 0.348. The van der Waals surface area contributed by atoms with Crippen LogP contribution in [0.5, 0.6) is 0 Å². The Morgan fingerprint density at radius 2 is 1.82 bits per heavy atom. The van der Waals surface area contributed by atoms with Crippen LogP contribution in [0.3, 0.4) is 0 Å². The van der Waals surface area contributed by atoms with Gasteiger partial charge in [-0.2, -0.15) is 13.2 Å². The Morgan fingerprint density at radius 3 is 2.50 bits per heavy atom. The molecule has 0 aromatic heterocycles. The van der Waals surface area contributed by atoms with Gasteiger partial charge in [-0.05, 0) is 37.0 Å². The van der Waals surface area contributed by atoms with Crippen LogP contribution in [-0.4, -0.2) is 71.3 Å². The molecule has 3 aliphatic rings. The first kappa shape index (κ1) is 30.8. The number of nitrogens with one attached hydrogen (secondary N) is 1. The fraction of sp³-hybridized carbons (Fsp3) is 0.375. The van der Waals surface area contributed by atoms with E-state index in [4.69, 9.17) is 4.74 Å². The second-order valence-corrected chi connectivity index (χ2v) is 10.8. The predicted octanol–water partition coefficient (Wildman–Crippen LogP) is 4.60.